The number of pyridine rings is 1. The van der Waals surface area contributed by atoms with E-state index in [2.05, 4.69) is 4.98 Å². The van der Waals surface area contributed by atoms with Gasteiger partial charge in [0, 0.05) is 38.6 Å². The molecule has 1 aromatic carbocycles. The zero-order valence-electron chi connectivity index (χ0n) is 13.4. The molecule has 0 atom stereocenters. The van der Waals surface area contributed by atoms with Crippen molar-refractivity contribution >= 4 is 15.9 Å². The van der Waals surface area contributed by atoms with Gasteiger partial charge in [0.15, 0.2) is 0 Å². The minimum absolute atomic E-state index is 0.00420. The lowest BCUT2D eigenvalue weighted by Crippen LogP contribution is -2.50. The fraction of sp³-hybridized carbons (Fsp3) is 0.235. The number of piperazine rings is 1. The molecule has 2 heterocycles. The van der Waals surface area contributed by atoms with Crippen molar-refractivity contribution in [1.29, 1.82) is 5.26 Å². The minimum Gasteiger partial charge on any atom is -0.336 e. The molecular weight excluding hydrogens is 340 g/mol. The van der Waals surface area contributed by atoms with Gasteiger partial charge in [-0.25, -0.2) is 8.42 Å². The Morgan fingerprint density at radius 2 is 1.80 bits per heavy atom. The second-order valence-electron chi connectivity index (χ2n) is 5.55. The molecule has 128 valence electrons. The van der Waals surface area contributed by atoms with E-state index in [0.717, 1.165) is 0 Å². The molecule has 0 N–H and O–H groups in total. The maximum absolute atomic E-state index is 12.8. The molecule has 8 heteroatoms. The Balaban J connectivity index is 1.74. The van der Waals surface area contributed by atoms with Crippen LogP contribution in [0.25, 0.3) is 0 Å². The normalized spacial score (nSPS) is 15.6. The van der Waals surface area contributed by atoms with Crippen LogP contribution in [0.15, 0.2) is 53.7 Å². The first-order chi connectivity index (χ1) is 12.0. The van der Waals surface area contributed by atoms with Gasteiger partial charge in [-0.15, -0.1) is 0 Å². The van der Waals surface area contributed by atoms with E-state index in [1.54, 1.807) is 35.4 Å². The van der Waals surface area contributed by atoms with Gasteiger partial charge in [0.1, 0.15) is 6.07 Å². The Morgan fingerprint density at radius 3 is 2.44 bits per heavy atom. The number of amides is 1. The predicted molar refractivity (Wildman–Crippen MR) is 90.1 cm³/mol. The molecule has 0 bridgehead atoms. The van der Waals surface area contributed by atoms with Crippen LogP contribution in [0.4, 0.5) is 0 Å². The standard InChI is InChI=1S/C17H16N4O3S/c18-12-14-4-1-2-6-16(14)25(23,24)21-10-8-20(9-11-21)17(22)15-5-3-7-19-13-15/h1-7,13H,8-11H2. The van der Waals surface area contributed by atoms with Crippen LogP contribution in [0.5, 0.6) is 0 Å². The van der Waals surface area contributed by atoms with Gasteiger partial charge in [-0.1, -0.05) is 12.1 Å². The van der Waals surface area contributed by atoms with Crippen molar-refractivity contribution in [3.05, 3.63) is 59.9 Å². The number of benzene rings is 1. The zero-order valence-corrected chi connectivity index (χ0v) is 14.2. The molecule has 0 radical (unpaired) electrons. The summed E-state index contributed by atoms with van der Waals surface area (Å²) in [5.74, 6) is -0.164. The van der Waals surface area contributed by atoms with Crippen molar-refractivity contribution in [2.75, 3.05) is 26.2 Å². The molecule has 25 heavy (non-hydrogen) atoms. The SMILES string of the molecule is N#Cc1ccccc1S(=O)(=O)N1CCN(C(=O)c2cccnc2)CC1. The highest BCUT2D eigenvalue weighted by atomic mass is 32.2. The number of carbonyl (C=O) groups is 1. The van der Waals surface area contributed by atoms with E-state index < -0.39 is 10.0 Å². The summed E-state index contributed by atoms with van der Waals surface area (Å²) in [5.41, 5.74) is 0.602. The molecule has 2 aromatic rings. The summed E-state index contributed by atoms with van der Waals surface area (Å²) < 4.78 is 26.9. The number of aromatic nitrogens is 1. The van der Waals surface area contributed by atoms with Gasteiger partial charge in [-0.05, 0) is 24.3 Å². The van der Waals surface area contributed by atoms with E-state index in [1.807, 2.05) is 6.07 Å². The third-order valence-electron chi connectivity index (χ3n) is 4.06. The highest BCUT2D eigenvalue weighted by molar-refractivity contribution is 7.89. The van der Waals surface area contributed by atoms with Crippen molar-refractivity contribution < 1.29 is 13.2 Å². The average molecular weight is 356 g/mol. The van der Waals surface area contributed by atoms with Crippen molar-refractivity contribution in [3.8, 4) is 6.07 Å². The number of carbonyl (C=O) groups excluding carboxylic acids is 1. The monoisotopic (exact) mass is 356 g/mol. The van der Waals surface area contributed by atoms with Crippen LogP contribution in [0.2, 0.25) is 0 Å². The maximum Gasteiger partial charge on any atom is 0.255 e. The fourth-order valence-corrected chi connectivity index (χ4v) is 4.29. The summed E-state index contributed by atoms with van der Waals surface area (Å²) in [6.07, 6.45) is 3.09. The highest BCUT2D eigenvalue weighted by Crippen LogP contribution is 2.21. The van der Waals surface area contributed by atoms with Crippen molar-refractivity contribution in [2.45, 2.75) is 4.90 Å². The van der Waals surface area contributed by atoms with Gasteiger partial charge in [0.25, 0.3) is 5.91 Å². The summed E-state index contributed by atoms with van der Waals surface area (Å²) in [7, 11) is -3.76. The quantitative estimate of drug-likeness (QED) is 0.821. The molecule has 1 aromatic heterocycles. The molecule has 0 saturated carbocycles. The molecule has 0 spiro atoms. The van der Waals surface area contributed by atoms with Crippen molar-refractivity contribution in [3.63, 3.8) is 0 Å². The van der Waals surface area contributed by atoms with Gasteiger partial charge in [-0.3, -0.25) is 9.78 Å². The van der Waals surface area contributed by atoms with Crippen molar-refractivity contribution in [1.82, 2.24) is 14.2 Å². The number of hydrogen-bond acceptors (Lipinski definition) is 5. The van der Waals surface area contributed by atoms with Gasteiger partial charge in [0.05, 0.1) is 16.0 Å². The molecule has 0 unspecified atom stereocenters. The lowest BCUT2D eigenvalue weighted by Gasteiger charge is -2.34. The molecule has 1 aliphatic heterocycles. The van der Waals surface area contributed by atoms with E-state index in [0.29, 0.717) is 18.7 Å². The first-order valence-corrected chi connectivity index (χ1v) is 9.16. The Hall–Kier alpha value is -2.76. The lowest BCUT2D eigenvalue weighted by atomic mass is 10.2. The molecule has 1 aliphatic rings. The third-order valence-corrected chi connectivity index (χ3v) is 6.02. The summed E-state index contributed by atoms with van der Waals surface area (Å²) in [5, 5.41) is 9.13. The van der Waals surface area contributed by atoms with Gasteiger partial charge >= 0.3 is 0 Å². The van der Waals surface area contributed by atoms with Crippen LogP contribution in [0.3, 0.4) is 0 Å². The fourth-order valence-electron chi connectivity index (χ4n) is 2.73. The topological polar surface area (TPSA) is 94.4 Å². The van der Waals surface area contributed by atoms with Gasteiger partial charge in [-0.2, -0.15) is 9.57 Å². The lowest BCUT2D eigenvalue weighted by molar-refractivity contribution is 0.0697. The first-order valence-electron chi connectivity index (χ1n) is 7.72. The zero-order chi connectivity index (χ0) is 17.9. The van der Waals surface area contributed by atoms with Crippen LogP contribution in [-0.4, -0.2) is 54.7 Å². The Kier molecular flexibility index (Phi) is 4.79. The largest absolute Gasteiger partial charge is 0.336 e. The van der Waals surface area contributed by atoms with E-state index in [4.69, 9.17) is 5.26 Å². The Morgan fingerprint density at radius 1 is 1.08 bits per heavy atom. The second-order valence-corrected chi connectivity index (χ2v) is 7.45. The molecule has 1 fully saturated rings. The predicted octanol–water partition coefficient (Wildman–Crippen LogP) is 1.10. The summed E-state index contributed by atoms with van der Waals surface area (Å²) >= 11 is 0. The average Bonchev–Trinajstić information content (AvgIpc) is 2.68. The van der Waals surface area contributed by atoms with Crippen LogP contribution in [0, 0.1) is 11.3 Å². The second kappa shape index (κ2) is 7.01. The summed E-state index contributed by atoms with van der Waals surface area (Å²) in [4.78, 5) is 17.9. The number of sulfonamides is 1. The maximum atomic E-state index is 12.8. The number of hydrogen-bond donors (Lipinski definition) is 0. The molecule has 0 aliphatic carbocycles. The molecular formula is C17H16N4O3S. The molecule has 3 rings (SSSR count). The summed E-state index contributed by atoms with van der Waals surface area (Å²) in [6, 6.07) is 11.4. The van der Waals surface area contributed by atoms with Crippen LogP contribution in [0.1, 0.15) is 15.9 Å². The van der Waals surface area contributed by atoms with E-state index in [9.17, 15) is 13.2 Å². The number of nitriles is 1. The van der Waals surface area contributed by atoms with Gasteiger partial charge in [0.2, 0.25) is 10.0 Å². The molecule has 1 amide bonds. The van der Waals surface area contributed by atoms with E-state index in [1.165, 1.54) is 22.6 Å². The Labute approximate surface area is 146 Å². The molecule has 7 nitrogen and oxygen atoms in total. The van der Waals surface area contributed by atoms with Gasteiger partial charge < -0.3 is 4.90 Å². The van der Waals surface area contributed by atoms with Crippen LogP contribution >= 0.6 is 0 Å². The highest BCUT2D eigenvalue weighted by Gasteiger charge is 2.31. The summed E-state index contributed by atoms with van der Waals surface area (Å²) in [6.45, 7) is 0.964. The molecule has 1 saturated heterocycles. The Bertz CT molecular complexity index is 914. The van der Waals surface area contributed by atoms with E-state index >= 15 is 0 Å². The number of nitrogens with zero attached hydrogens (tertiary/aromatic N) is 4. The van der Waals surface area contributed by atoms with Crippen LogP contribution in [-0.2, 0) is 10.0 Å². The minimum atomic E-state index is -3.76. The van der Waals surface area contributed by atoms with Crippen molar-refractivity contribution in [2.24, 2.45) is 0 Å². The smallest absolute Gasteiger partial charge is 0.255 e. The van der Waals surface area contributed by atoms with E-state index in [-0.39, 0.29) is 29.5 Å². The first kappa shape index (κ1) is 17.1. The third kappa shape index (κ3) is 3.38. The van der Waals surface area contributed by atoms with Crippen LogP contribution < -0.4 is 0 Å². The number of rotatable bonds is 3.